The number of para-hydroxylation sites is 1. The molecule has 0 fully saturated rings. The average Bonchev–Trinajstić information content (AvgIpc) is 3.70. The quantitative estimate of drug-likeness (QED) is 0.192. The van der Waals surface area contributed by atoms with E-state index in [4.69, 9.17) is 27.7 Å². The number of nitrogens with zero attached hydrogens (tertiary/aromatic N) is 3. The highest BCUT2D eigenvalue weighted by Gasteiger charge is 2.15. The summed E-state index contributed by atoms with van der Waals surface area (Å²) in [6.45, 7) is 0. The van der Waals surface area contributed by atoms with Crippen molar-refractivity contribution in [3.05, 3.63) is 163 Å². The van der Waals surface area contributed by atoms with Crippen LogP contribution in [0.25, 0.3) is 89.1 Å². The molecule has 9 aromatic rings. The highest BCUT2D eigenvalue weighted by atomic mass is 16.3. The molecule has 0 aliphatic rings. The van der Waals surface area contributed by atoms with E-state index in [1.807, 2.05) is 0 Å². The van der Waals surface area contributed by atoms with Gasteiger partial charge in [0, 0.05) is 27.5 Å². The number of furan rings is 1. The van der Waals surface area contributed by atoms with Gasteiger partial charge in [0.05, 0.1) is 24.7 Å². The molecular weight excluding hydrogens is 574 g/mol. The molecule has 4 heteroatoms. The maximum Gasteiger partial charge on any atom is 0.164 e. The Balaban J connectivity index is 1.26. The fourth-order valence-electron chi connectivity index (χ4n) is 5.18. The van der Waals surface area contributed by atoms with Crippen LogP contribution >= 0.6 is 0 Å². The van der Waals surface area contributed by atoms with Crippen LogP contribution in [0.3, 0.4) is 0 Å². The molecule has 2 heterocycles. The second-order valence-corrected chi connectivity index (χ2v) is 10.3. The van der Waals surface area contributed by atoms with E-state index in [-0.39, 0.29) is 50.5 Å². The summed E-state index contributed by atoms with van der Waals surface area (Å²) in [5.74, 6) is -0.212. The van der Waals surface area contributed by atoms with Gasteiger partial charge in [0.2, 0.25) is 0 Å². The van der Waals surface area contributed by atoms with Gasteiger partial charge in [0.1, 0.15) is 11.2 Å². The molecule has 0 unspecified atom stereocenters. The lowest BCUT2D eigenvalue weighted by Gasteiger charge is -2.10. The zero-order valence-corrected chi connectivity index (χ0v) is 23.9. The van der Waals surface area contributed by atoms with Crippen LogP contribution in [-0.4, -0.2) is 15.0 Å². The van der Waals surface area contributed by atoms with Gasteiger partial charge in [-0.25, -0.2) is 15.0 Å². The van der Waals surface area contributed by atoms with E-state index in [2.05, 4.69) is 15.0 Å². The third-order valence-corrected chi connectivity index (χ3v) is 7.40. The van der Waals surface area contributed by atoms with Gasteiger partial charge in [0.15, 0.2) is 17.5 Å². The summed E-state index contributed by atoms with van der Waals surface area (Å²) in [6, 6.07) is 3.74. The van der Waals surface area contributed by atoms with Crippen LogP contribution < -0.4 is 0 Å². The average molecular weight is 620 g/mol. The predicted molar refractivity (Wildman–Crippen MR) is 192 cm³/mol. The van der Waals surface area contributed by atoms with Crippen molar-refractivity contribution < 1.29 is 29.1 Å². The fourth-order valence-corrected chi connectivity index (χ4v) is 5.18. The zero-order valence-electron chi connectivity index (χ0n) is 41.9. The highest BCUT2D eigenvalue weighted by Crippen LogP contribution is 2.37. The third kappa shape index (κ3) is 4.93. The van der Waals surface area contributed by atoms with Crippen LogP contribution in [0.1, 0.15) is 24.7 Å². The van der Waals surface area contributed by atoms with Crippen LogP contribution in [0.15, 0.2) is 168 Å². The van der Waals surface area contributed by atoms with Crippen molar-refractivity contribution in [3.8, 4) is 56.4 Å². The number of hydrogen-bond acceptors (Lipinski definition) is 4. The van der Waals surface area contributed by atoms with Gasteiger partial charge >= 0.3 is 0 Å². The molecule has 0 atom stereocenters. The first-order chi connectivity index (χ1) is 30.8. The van der Waals surface area contributed by atoms with Gasteiger partial charge in [-0.15, -0.1) is 0 Å². The Hall–Kier alpha value is -6.39. The molecule has 0 aliphatic heterocycles. The Bertz CT molecular complexity index is 3550. The Labute approximate surface area is 297 Å². The second kappa shape index (κ2) is 11.2. The van der Waals surface area contributed by atoms with Crippen LogP contribution in [0.4, 0.5) is 0 Å². The Kier molecular flexibility index (Phi) is 3.42. The summed E-state index contributed by atoms with van der Waals surface area (Å²) >= 11 is 0. The van der Waals surface area contributed by atoms with E-state index < -0.39 is 131 Å². The van der Waals surface area contributed by atoms with Crippen LogP contribution in [0, 0.1) is 0 Å². The van der Waals surface area contributed by atoms with Gasteiger partial charge in [-0.1, -0.05) is 139 Å². The summed E-state index contributed by atoms with van der Waals surface area (Å²) < 4.78 is 161. The van der Waals surface area contributed by atoms with Crippen molar-refractivity contribution in [1.29, 1.82) is 0 Å². The summed E-state index contributed by atoms with van der Waals surface area (Å²) in [6.07, 6.45) is 0. The molecule has 220 valence electrons. The van der Waals surface area contributed by atoms with Crippen molar-refractivity contribution in [2.24, 2.45) is 0 Å². The van der Waals surface area contributed by atoms with Crippen LogP contribution in [-0.2, 0) is 0 Å². The fraction of sp³-hybridized carbons (Fsp3) is 0. The van der Waals surface area contributed by atoms with Crippen molar-refractivity contribution in [3.63, 3.8) is 0 Å². The summed E-state index contributed by atoms with van der Waals surface area (Å²) in [4.78, 5) is 13.9. The van der Waals surface area contributed by atoms with E-state index in [0.29, 0.717) is 16.7 Å². The molecule has 0 aliphatic carbocycles. The van der Waals surface area contributed by atoms with Gasteiger partial charge < -0.3 is 4.42 Å². The van der Waals surface area contributed by atoms with Gasteiger partial charge in [-0.05, 0) is 57.2 Å². The lowest BCUT2D eigenvalue weighted by Crippen LogP contribution is -2.00. The summed E-state index contributed by atoms with van der Waals surface area (Å²) in [5, 5.41) is -0.840. The van der Waals surface area contributed by atoms with Crippen molar-refractivity contribution in [2.45, 2.75) is 0 Å². The molecular formula is C43H27N3O. The third-order valence-electron chi connectivity index (χ3n) is 7.40. The molecule has 0 spiro atoms. The molecule has 0 bridgehead atoms. The summed E-state index contributed by atoms with van der Waals surface area (Å²) in [5.41, 5.74) is -0.649. The lowest BCUT2D eigenvalue weighted by atomic mass is 9.98. The van der Waals surface area contributed by atoms with Gasteiger partial charge in [0.25, 0.3) is 0 Å². The second-order valence-electron chi connectivity index (χ2n) is 10.3. The molecule has 0 N–H and O–H groups in total. The maximum atomic E-state index is 9.34. The Morgan fingerprint density at radius 1 is 0.426 bits per heavy atom. The zero-order chi connectivity index (χ0) is 46.8. The summed E-state index contributed by atoms with van der Waals surface area (Å²) in [7, 11) is 0. The van der Waals surface area contributed by atoms with E-state index in [1.165, 1.54) is 0 Å². The monoisotopic (exact) mass is 619 g/mol. The van der Waals surface area contributed by atoms with Gasteiger partial charge in [-0.3, -0.25) is 0 Å². The molecule has 4 nitrogen and oxygen atoms in total. The number of rotatable bonds is 5. The number of hydrogen-bond donors (Lipinski definition) is 0. The first-order valence-corrected chi connectivity index (χ1v) is 14.2. The molecule has 0 saturated carbocycles. The minimum atomic E-state index is -0.745. The molecule has 0 amide bonds. The maximum absolute atomic E-state index is 9.34. The standard InChI is InChI=1S/C43H27N3O/c1-3-10-28(11-4-1)32-22-23-34-27-35(25-24-33(34)26-32)43-45-41(30-12-5-2-6-13-30)44-42(46-43)31-20-18-29(19-21-31)36-15-9-17-39-40(36)37-14-7-8-16-38(37)47-39/h1-27H/i1D,3D,4D,7D,8D,9D,10D,11D,14D,15D,16D,17D,22D,23D,24D,25D,26D,27D. The highest BCUT2D eigenvalue weighted by molar-refractivity contribution is 6.12. The Morgan fingerprint density at radius 2 is 1.02 bits per heavy atom. The molecule has 0 radical (unpaired) electrons. The molecule has 7 aromatic carbocycles. The molecule has 47 heavy (non-hydrogen) atoms. The number of benzene rings is 7. The minimum Gasteiger partial charge on any atom is -0.456 e. The molecule has 0 saturated heterocycles. The number of fused-ring (bicyclic) bond motifs is 4. The normalized spacial score (nSPS) is 16.8. The number of aromatic nitrogens is 3. The van der Waals surface area contributed by atoms with E-state index in [1.54, 1.807) is 54.6 Å². The first-order valence-electron chi connectivity index (χ1n) is 23.2. The van der Waals surface area contributed by atoms with Crippen molar-refractivity contribution in [2.75, 3.05) is 0 Å². The predicted octanol–water partition coefficient (Wildman–Crippen LogP) is 11.3. The lowest BCUT2D eigenvalue weighted by molar-refractivity contribution is 0.669. The van der Waals surface area contributed by atoms with Crippen LogP contribution in [0.2, 0.25) is 0 Å². The van der Waals surface area contributed by atoms with E-state index in [0.717, 1.165) is 0 Å². The van der Waals surface area contributed by atoms with E-state index in [9.17, 15) is 1.37 Å². The molecule has 9 rings (SSSR count). The van der Waals surface area contributed by atoms with E-state index >= 15 is 0 Å². The van der Waals surface area contributed by atoms with Crippen molar-refractivity contribution in [1.82, 2.24) is 15.0 Å². The topological polar surface area (TPSA) is 51.8 Å². The van der Waals surface area contributed by atoms with Crippen molar-refractivity contribution >= 4 is 32.7 Å². The van der Waals surface area contributed by atoms with Gasteiger partial charge in [-0.2, -0.15) is 0 Å². The molecule has 2 aromatic heterocycles. The minimum absolute atomic E-state index is 0.00219. The Morgan fingerprint density at radius 3 is 1.79 bits per heavy atom. The first kappa shape index (κ1) is 14.4. The SMILES string of the molecule is [2H]c1c([2H])c([2H])c(-c2c([2H])c([2H])c3c([2H])c(-c4nc(-c5ccccc5)nc(-c5ccc(-c6c([2H])c([2H])c([2H])c7oc8c([2H])c([2H])c([2H])c([2H])c8c67)cc5)n4)c([2H])c([2H])c3c2[2H])c([2H])c1[2H]. The largest absolute Gasteiger partial charge is 0.456 e. The smallest absolute Gasteiger partial charge is 0.164 e. The van der Waals surface area contributed by atoms with Crippen LogP contribution in [0.5, 0.6) is 0 Å².